The number of carbonyl (C=O) groups is 1. The van der Waals surface area contributed by atoms with Crippen molar-refractivity contribution in [1.82, 2.24) is 4.98 Å². The van der Waals surface area contributed by atoms with Crippen LogP contribution in [-0.4, -0.2) is 22.6 Å². The first-order chi connectivity index (χ1) is 8.56. The molecule has 2 rings (SSSR count). The lowest BCUT2D eigenvalue weighted by molar-refractivity contribution is -0.134. The molecular weight excluding hydrogens is 248 g/mol. The number of aryl methyl sites for hydroxylation is 2. The van der Waals surface area contributed by atoms with Gasteiger partial charge in [0.1, 0.15) is 6.54 Å². The van der Waals surface area contributed by atoms with Crippen LogP contribution in [0.2, 0.25) is 0 Å². The fraction of sp³-hybridized carbons (Fsp3) is 0.231. The molecule has 1 heterocycles. The number of rotatable bonds is 4. The first-order valence-electron chi connectivity index (χ1n) is 5.56. The maximum Gasteiger partial charge on any atom is 0.322 e. The number of anilines is 1. The standard InChI is InChI=1S/C13H14N2O2S/c1-8-3-5-10(6-4-8)12-9(2)18-13(15-12)14-7-11(16)17/h3-6H,7H2,1-2H3,(H,14,15)(H,16,17). The van der Waals surface area contributed by atoms with E-state index in [9.17, 15) is 4.79 Å². The number of aliphatic carboxylic acids is 1. The number of nitrogens with zero attached hydrogens (tertiary/aromatic N) is 1. The summed E-state index contributed by atoms with van der Waals surface area (Å²) in [6.45, 7) is 3.91. The van der Waals surface area contributed by atoms with Gasteiger partial charge in [-0.3, -0.25) is 4.79 Å². The van der Waals surface area contributed by atoms with Crippen molar-refractivity contribution in [1.29, 1.82) is 0 Å². The van der Waals surface area contributed by atoms with E-state index in [2.05, 4.69) is 10.3 Å². The number of carboxylic acid groups (broad SMARTS) is 1. The highest BCUT2D eigenvalue weighted by molar-refractivity contribution is 7.16. The van der Waals surface area contributed by atoms with Gasteiger partial charge in [0.05, 0.1) is 5.69 Å². The molecule has 0 amide bonds. The summed E-state index contributed by atoms with van der Waals surface area (Å²) in [6.07, 6.45) is 0. The number of hydrogen-bond acceptors (Lipinski definition) is 4. The fourth-order valence-electron chi connectivity index (χ4n) is 1.60. The highest BCUT2D eigenvalue weighted by Gasteiger charge is 2.10. The Balaban J connectivity index is 2.23. The van der Waals surface area contributed by atoms with E-state index in [0.29, 0.717) is 5.13 Å². The molecule has 0 aliphatic heterocycles. The topological polar surface area (TPSA) is 62.2 Å². The molecule has 0 atom stereocenters. The zero-order valence-corrected chi connectivity index (χ0v) is 11.0. The van der Waals surface area contributed by atoms with Gasteiger partial charge in [0, 0.05) is 10.4 Å². The molecule has 0 fully saturated rings. The smallest absolute Gasteiger partial charge is 0.322 e. The molecule has 0 saturated heterocycles. The van der Waals surface area contributed by atoms with E-state index in [4.69, 9.17) is 5.11 Å². The van der Waals surface area contributed by atoms with Crippen LogP contribution in [0.25, 0.3) is 11.3 Å². The number of aromatic nitrogens is 1. The van der Waals surface area contributed by atoms with Crippen LogP contribution in [0.5, 0.6) is 0 Å². The maximum absolute atomic E-state index is 10.5. The van der Waals surface area contributed by atoms with Crippen molar-refractivity contribution in [2.45, 2.75) is 13.8 Å². The molecule has 0 spiro atoms. The van der Waals surface area contributed by atoms with Gasteiger partial charge in [-0.25, -0.2) is 4.98 Å². The molecule has 2 aromatic rings. The van der Waals surface area contributed by atoms with Crippen molar-refractivity contribution < 1.29 is 9.90 Å². The van der Waals surface area contributed by atoms with Crippen molar-refractivity contribution in [2.75, 3.05) is 11.9 Å². The average molecular weight is 262 g/mol. The molecule has 0 unspecified atom stereocenters. The van der Waals surface area contributed by atoms with E-state index >= 15 is 0 Å². The SMILES string of the molecule is Cc1ccc(-c2nc(NCC(=O)O)sc2C)cc1. The van der Waals surface area contributed by atoms with Crippen LogP contribution in [0.4, 0.5) is 5.13 Å². The molecular formula is C13H14N2O2S. The molecule has 18 heavy (non-hydrogen) atoms. The lowest BCUT2D eigenvalue weighted by atomic mass is 10.1. The van der Waals surface area contributed by atoms with Crippen LogP contribution in [0.1, 0.15) is 10.4 Å². The van der Waals surface area contributed by atoms with Gasteiger partial charge in [-0.2, -0.15) is 0 Å². The molecule has 1 aromatic carbocycles. The summed E-state index contributed by atoms with van der Waals surface area (Å²) in [5, 5.41) is 12.1. The van der Waals surface area contributed by atoms with Crippen molar-refractivity contribution in [3.05, 3.63) is 34.7 Å². The Morgan fingerprint density at radius 2 is 2.00 bits per heavy atom. The highest BCUT2D eigenvalue weighted by atomic mass is 32.1. The molecule has 94 valence electrons. The summed E-state index contributed by atoms with van der Waals surface area (Å²) in [5.74, 6) is -0.889. The number of benzene rings is 1. The van der Waals surface area contributed by atoms with Gasteiger partial charge in [0.15, 0.2) is 5.13 Å². The second-order valence-corrected chi connectivity index (χ2v) is 5.24. The van der Waals surface area contributed by atoms with Gasteiger partial charge >= 0.3 is 5.97 Å². The average Bonchev–Trinajstić information content (AvgIpc) is 2.69. The van der Waals surface area contributed by atoms with E-state index in [1.807, 2.05) is 38.1 Å². The van der Waals surface area contributed by atoms with E-state index in [-0.39, 0.29) is 6.54 Å². The molecule has 2 N–H and O–H groups in total. The molecule has 0 bridgehead atoms. The number of nitrogens with one attached hydrogen (secondary N) is 1. The number of carboxylic acids is 1. The normalized spacial score (nSPS) is 10.3. The first-order valence-corrected chi connectivity index (χ1v) is 6.38. The predicted molar refractivity (Wildman–Crippen MR) is 73.1 cm³/mol. The highest BCUT2D eigenvalue weighted by Crippen LogP contribution is 2.30. The Morgan fingerprint density at radius 1 is 1.33 bits per heavy atom. The largest absolute Gasteiger partial charge is 0.480 e. The molecule has 5 heteroatoms. The zero-order valence-electron chi connectivity index (χ0n) is 10.2. The Hall–Kier alpha value is -1.88. The second kappa shape index (κ2) is 5.18. The van der Waals surface area contributed by atoms with Crippen LogP contribution in [-0.2, 0) is 4.79 Å². The quantitative estimate of drug-likeness (QED) is 0.889. The van der Waals surface area contributed by atoms with Crippen LogP contribution in [0, 0.1) is 13.8 Å². The fourth-order valence-corrected chi connectivity index (χ4v) is 2.43. The first kappa shape index (κ1) is 12.6. The lowest BCUT2D eigenvalue weighted by Gasteiger charge is -1.99. The van der Waals surface area contributed by atoms with Crippen molar-refractivity contribution in [3.8, 4) is 11.3 Å². The van der Waals surface area contributed by atoms with Gasteiger partial charge < -0.3 is 10.4 Å². The van der Waals surface area contributed by atoms with E-state index in [1.54, 1.807) is 0 Å². The third-order valence-electron chi connectivity index (χ3n) is 2.51. The minimum atomic E-state index is -0.889. The molecule has 0 aliphatic carbocycles. The Kier molecular flexibility index (Phi) is 3.62. The van der Waals surface area contributed by atoms with Gasteiger partial charge in [-0.05, 0) is 13.8 Å². The van der Waals surface area contributed by atoms with Crippen molar-refractivity contribution in [3.63, 3.8) is 0 Å². The van der Waals surface area contributed by atoms with E-state index in [0.717, 1.165) is 16.1 Å². The zero-order chi connectivity index (χ0) is 13.1. The molecule has 0 saturated carbocycles. The van der Waals surface area contributed by atoms with Crippen LogP contribution >= 0.6 is 11.3 Å². The Morgan fingerprint density at radius 3 is 2.61 bits per heavy atom. The Labute approximate surface area is 109 Å². The third kappa shape index (κ3) is 2.87. The monoisotopic (exact) mass is 262 g/mol. The second-order valence-electron chi connectivity index (χ2n) is 4.04. The maximum atomic E-state index is 10.5. The van der Waals surface area contributed by atoms with Crippen molar-refractivity contribution in [2.24, 2.45) is 0 Å². The van der Waals surface area contributed by atoms with Crippen LogP contribution < -0.4 is 5.32 Å². The van der Waals surface area contributed by atoms with Gasteiger partial charge in [-0.15, -0.1) is 11.3 Å². The molecule has 0 radical (unpaired) electrons. The van der Waals surface area contributed by atoms with Gasteiger partial charge in [-0.1, -0.05) is 29.8 Å². The lowest BCUT2D eigenvalue weighted by Crippen LogP contribution is -2.11. The summed E-state index contributed by atoms with van der Waals surface area (Å²) in [7, 11) is 0. The van der Waals surface area contributed by atoms with Crippen LogP contribution in [0.3, 0.4) is 0 Å². The van der Waals surface area contributed by atoms with E-state index in [1.165, 1.54) is 16.9 Å². The van der Waals surface area contributed by atoms with Crippen LogP contribution in [0.15, 0.2) is 24.3 Å². The third-order valence-corrected chi connectivity index (χ3v) is 3.44. The number of hydrogen-bond donors (Lipinski definition) is 2. The van der Waals surface area contributed by atoms with Gasteiger partial charge in [0.2, 0.25) is 0 Å². The molecule has 1 aromatic heterocycles. The Bertz CT molecular complexity index is 561. The summed E-state index contributed by atoms with van der Waals surface area (Å²) in [5.41, 5.74) is 3.17. The van der Waals surface area contributed by atoms with Gasteiger partial charge in [0.25, 0.3) is 0 Å². The minimum Gasteiger partial charge on any atom is -0.480 e. The minimum absolute atomic E-state index is 0.111. The molecule has 4 nitrogen and oxygen atoms in total. The molecule has 0 aliphatic rings. The number of thiazole rings is 1. The predicted octanol–water partition coefficient (Wildman–Crippen LogP) is 2.92. The summed E-state index contributed by atoms with van der Waals surface area (Å²) in [6, 6.07) is 8.13. The summed E-state index contributed by atoms with van der Waals surface area (Å²) in [4.78, 5) is 16.0. The summed E-state index contributed by atoms with van der Waals surface area (Å²) < 4.78 is 0. The summed E-state index contributed by atoms with van der Waals surface area (Å²) >= 11 is 1.47. The van der Waals surface area contributed by atoms with Crippen molar-refractivity contribution >= 4 is 22.4 Å². The van der Waals surface area contributed by atoms with E-state index < -0.39 is 5.97 Å².